The van der Waals surface area contributed by atoms with Gasteiger partial charge >= 0.3 is 5.69 Å². The SMILES string of the molecule is NC(=O)c1cnc2c(-c3ccc4[nH]c(=O)[nH]c4c3)cc(F)cc2c1N. The third-order valence-corrected chi connectivity index (χ3v) is 4.07. The number of amides is 1. The Bertz CT molecular complexity index is 1230. The van der Waals surface area contributed by atoms with E-state index in [1.54, 1.807) is 18.2 Å². The zero-order valence-electron chi connectivity index (χ0n) is 12.8. The number of nitrogens with one attached hydrogen (secondary N) is 2. The van der Waals surface area contributed by atoms with Crippen LogP contribution in [0.1, 0.15) is 10.4 Å². The summed E-state index contributed by atoms with van der Waals surface area (Å²) < 4.78 is 14.2. The minimum Gasteiger partial charge on any atom is -0.397 e. The molecule has 7 nitrogen and oxygen atoms in total. The minimum absolute atomic E-state index is 0.0365. The number of H-pyrrole nitrogens is 2. The molecule has 25 heavy (non-hydrogen) atoms. The summed E-state index contributed by atoms with van der Waals surface area (Å²) in [5.41, 5.74) is 13.8. The van der Waals surface area contributed by atoms with E-state index in [2.05, 4.69) is 15.0 Å². The predicted molar refractivity (Wildman–Crippen MR) is 92.5 cm³/mol. The molecule has 1 amide bonds. The highest BCUT2D eigenvalue weighted by molar-refractivity contribution is 6.08. The molecular formula is C17H12FN5O2. The van der Waals surface area contributed by atoms with Gasteiger partial charge in [0.2, 0.25) is 0 Å². The number of aromatic nitrogens is 3. The van der Waals surface area contributed by atoms with Crippen molar-refractivity contribution in [2.75, 3.05) is 5.73 Å². The van der Waals surface area contributed by atoms with E-state index in [1.807, 2.05) is 0 Å². The maximum atomic E-state index is 14.2. The molecule has 0 fully saturated rings. The average molecular weight is 337 g/mol. The van der Waals surface area contributed by atoms with Gasteiger partial charge in [-0.05, 0) is 29.8 Å². The van der Waals surface area contributed by atoms with Crippen molar-refractivity contribution in [3.8, 4) is 11.1 Å². The van der Waals surface area contributed by atoms with E-state index in [4.69, 9.17) is 11.5 Å². The molecule has 4 aromatic rings. The number of nitrogens with zero attached hydrogens (tertiary/aromatic N) is 1. The number of halogens is 1. The second-order valence-corrected chi connectivity index (χ2v) is 5.64. The molecule has 0 radical (unpaired) electrons. The van der Waals surface area contributed by atoms with Crippen LogP contribution in [0.15, 0.2) is 41.3 Å². The number of anilines is 1. The Morgan fingerprint density at radius 1 is 1.12 bits per heavy atom. The Morgan fingerprint density at radius 2 is 1.88 bits per heavy atom. The molecule has 8 heteroatoms. The molecule has 0 saturated carbocycles. The fraction of sp³-hybridized carbons (Fsp3) is 0. The molecule has 124 valence electrons. The van der Waals surface area contributed by atoms with Gasteiger partial charge in [-0.3, -0.25) is 9.78 Å². The molecule has 0 bridgehead atoms. The zero-order chi connectivity index (χ0) is 17.7. The van der Waals surface area contributed by atoms with Gasteiger partial charge in [-0.1, -0.05) is 6.07 Å². The summed E-state index contributed by atoms with van der Waals surface area (Å²) in [7, 11) is 0. The van der Waals surface area contributed by atoms with Crippen molar-refractivity contribution in [1.29, 1.82) is 0 Å². The van der Waals surface area contributed by atoms with Crippen LogP contribution < -0.4 is 17.2 Å². The van der Waals surface area contributed by atoms with E-state index < -0.39 is 11.7 Å². The van der Waals surface area contributed by atoms with E-state index in [0.717, 1.165) is 0 Å². The first-order valence-electron chi connectivity index (χ1n) is 7.34. The number of hydrogen-bond donors (Lipinski definition) is 4. The number of primary amides is 1. The second-order valence-electron chi connectivity index (χ2n) is 5.64. The molecule has 0 spiro atoms. The standard InChI is InChI=1S/C17H12FN5O2/c18-8-4-9(7-1-2-12-13(3-7)23-17(25)22-12)15-10(5-8)14(19)11(6-21-15)16(20)24/h1-6H,(H2,19,21)(H2,20,24)(H2,22,23,25). The van der Waals surface area contributed by atoms with E-state index in [-0.39, 0.29) is 16.9 Å². The van der Waals surface area contributed by atoms with Crippen LogP contribution in [0, 0.1) is 5.82 Å². The zero-order valence-corrected chi connectivity index (χ0v) is 12.8. The molecule has 0 unspecified atom stereocenters. The molecule has 0 aliphatic heterocycles. The number of rotatable bonds is 2. The van der Waals surface area contributed by atoms with Crippen molar-refractivity contribution < 1.29 is 9.18 Å². The predicted octanol–water partition coefficient (Wildman–Crippen LogP) is 1.89. The fourth-order valence-corrected chi connectivity index (χ4v) is 2.90. The maximum absolute atomic E-state index is 14.2. The molecule has 0 aliphatic rings. The lowest BCUT2D eigenvalue weighted by molar-refractivity contribution is 0.100. The molecule has 2 aromatic carbocycles. The Morgan fingerprint density at radius 3 is 2.64 bits per heavy atom. The lowest BCUT2D eigenvalue weighted by atomic mass is 9.99. The van der Waals surface area contributed by atoms with Gasteiger partial charge in [-0.15, -0.1) is 0 Å². The summed E-state index contributed by atoms with van der Waals surface area (Å²) in [5, 5.41) is 0.300. The first-order valence-corrected chi connectivity index (χ1v) is 7.34. The average Bonchev–Trinajstić information content (AvgIpc) is 2.93. The molecule has 6 N–H and O–H groups in total. The smallest absolute Gasteiger partial charge is 0.323 e. The number of pyridine rings is 1. The summed E-state index contributed by atoms with van der Waals surface area (Å²) in [6, 6.07) is 7.69. The third-order valence-electron chi connectivity index (χ3n) is 4.07. The number of benzene rings is 2. The van der Waals surface area contributed by atoms with Crippen molar-refractivity contribution in [2.45, 2.75) is 0 Å². The Labute approximate surface area is 139 Å². The molecule has 2 aromatic heterocycles. The maximum Gasteiger partial charge on any atom is 0.323 e. The summed E-state index contributed by atoms with van der Waals surface area (Å²) in [4.78, 5) is 32.4. The topological polar surface area (TPSA) is 131 Å². The number of carbonyl (C=O) groups is 1. The van der Waals surface area contributed by atoms with Gasteiger partial charge in [0.25, 0.3) is 5.91 Å². The van der Waals surface area contributed by atoms with Gasteiger partial charge in [0.15, 0.2) is 0 Å². The number of nitrogens with two attached hydrogens (primary N) is 2. The summed E-state index contributed by atoms with van der Waals surface area (Å²) in [5.74, 6) is -1.26. The normalized spacial score (nSPS) is 11.2. The van der Waals surface area contributed by atoms with Crippen LogP contribution in [0.3, 0.4) is 0 Å². The first kappa shape index (κ1) is 14.9. The molecule has 2 heterocycles. The van der Waals surface area contributed by atoms with Crippen LogP contribution in [0.5, 0.6) is 0 Å². The Balaban J connectivity index is 2.04. The van der Waals surface area contributed by atoms with Crippen molar-refractivity contribution in [2.24, 2.45) is 5.73 Å². The molecular weight excluding hydrogens is 325 g/mol. The van der Waals surface area contributed by atoms with Gasteiger partial charge < -0.3 is 21.4 Å². The lowest BCUT2D eigenvalue weighted by Gasteiger charge is -2.11. The largest absolute Gasteiger partial charge is 0.397 e. The van der Waals surface area contributed by atoms with Crippen LogP contribution >= 0.6 is 0 Å². The number of aromatic amines is 2. The number of fused-ring (bicyclic) bond motifs is 2. The highest BCUT2D eigenvalue weighted by atomic mass is 19.1. The van der Waals surface area contributed by atoms with Crippen LogP contribution in [0.4, 0.5) is 10.1 Å². The minimum atomic E-state index is -0.732. The summed E-state index contributed by atoms with van der Waals surface area (Å²) in [6.07, 6.45) is 1.28. The van der Waals surface area contributed by atoms with Gasteiger partial charge in [-0.25, -0.2) is 9.18 Å². The van der Waals surface area contributed by atoms with Crippen molar-refractivity contribution in [3.63, 3.8) is 0 Å². The van der Waals surface area contributed by atoms with E-state index in [1.165, 1.54) is 18.3 Å². The highest BCUT2D eigenvalue weighted by Crippen LogP contribution is 2.33. The van der Waals surface area contributed by atoms with Crippen LogP contribution in [0.25, 0.3) is 33.1 Å². The van der Waals surface area contributed by atoms with E-state index >= 15 is 0 Å². The summed E-state index contributed by atoms with van der Waals surface area (Å²) >= 11 is 0. The van der Waals surface area contributed by atoms with Crippen molar-refractivity contribution in [3.05, 3.63) is 58.4 Å². The monoisotopic (exact) mass is 337 g/mol. The number of nitrogen functional groups attached to an aromatic ring is 1. The van der Waals surface area contributed by atoms with Crippen LogP contribution in [-0.4, -0.2) is 20.9 Å². The highest BCUT2D eigenvalue weighted by Gasteiger charge is 2.15. The van der Waals surface area contributed by atoms with Crippen molar-refractivity contribution in [1.82, 2.24) is 15.0 Å². The van der Waals surface area contributed by atoms with Crippen LogP contribution in [-0.2, 0) is 0 Å². The first-order chi connectivity index (χ1) is 11.9. The fourth-order valence-electron chi connectivity index (χ4n) is 2.90. The molecule has 0 atom stereocenters. The van der Waals surface area contributed by atoms with Crippen LogP contribution in [0.2, 0.25) is 0 Å². The Hall–Kier alpha value is -3.68. The van der Waals surface area contributed by atoms with Gasteiger partial charge in [0.05, 0.1) is 27.8 Å². The molecule has 0 aliphatic carbocycles. The number of hydrogen-bond acceptors (Lipinski definition) is 4. The molecule has 0 saturated heterocycles. The lowest BCUT2D eigenvalue weighted by Crippen LogP contribution is -2.14. The molecule has 4 rings (SSSR count). The number of imidazole rings is 1. The van der Waals surface area contributed by atoms with Gasteiger partial charge in [0.1, 0.15) is 5.82 Å². The summed E-state index contributed by atoms with van der Waals surface area (Å²) in [6.45, 7) is 0. The van der Waals surface area contributed by atoms with Crippen molar-refractivity contribution >= 4 is 33.5 Å². The third kappa shape index (κ3) is 2.31. The van der Waals surface area contributed by atoms with E-state index in [0.29, 0.717) is 33.1 Å². The quantitative estimate of drug-likeness (QED) is 0.445. The second kappa shape index (κ2) is 5.17. The van der Waals surface area contributed by atoms with Gasteiger partial charge in [-0.2, -0.15) is 0 Å². The van der Waals surface area contributed by atoms with Gasteiger partial charge in [0, 0.05) is 17.1 Å². The van der Waals surface area contributed by atoms with E-state index in [9.17, 15) is 14.0 Å². The number of carbonyl (C=O) groups excluding carboxylic acids is 1. The Kier molecular flexibility index (Phi) is 3.08.